The second kappa shape index (κ2) is 12.5. The first-order valence-electron chi connectivity index (χ1n) is 13.1. The average molecular weight is 590 g/mol. The van der Waals surface area contributed by atoms with E-state index in [-0.39, 0.29) is 36.4 Å². The molecule has 1 aliphatic heterocycles. The Labute approximate surface area is 231 Å². The lowest BCUT2D eigenvalue weighted by atomic mass is 9.92. The van der Waals surface area contributed by atoms with Crippen LogP contribution in [0.5, 0.6) is 0 Å². The lowest BCUT2D eigenvalue weighted by molar-refractivity contribution is -0.388. The molecule has 224 valence electrons. The highest BCUT2D eigenvalue weighted by Crippen LogP contribution is 2.38. The van der Waals surface area contributed by atoms with Gasteiger partial charge in [0.05, 0.1) is 11.0 Å². The van der Waals surface area contributed by atoms with Crippen molar-refractivity contribution in [2.45, 2.75) is 69.1 Å². The summed E-state index contributed by atoms with van der Waals surface area (Å²) in [5, 5.41) is 17.0. The third-order valence-corrected chi connectivity index (χ3v) is 7.25. The van der Waals surface area contributed by atoms with E-state index >= 15 is 0 Å². The molecule has 1 aliphatic carbocycles. The number of nitrogens with one attached hydrogen (secondary N) is 2. The van der Waals surface area contributed by atoms with Gasteiger partial charge in [-0.1, -0.05) is 0 Å². The van der Waals surface area contributed by atoms with Gasteiger partial charge in [-0.25, -0.2) is 0 Å². The number of pyridine rings is 1. The van der Waals surface area contributed by atoms with Gasteiger partial charge in [-0.05, 0) is 62.8 Å². The number of alkyl halides is 6. The Morgan fingerprint density at radius 2 is 1.54 bits per heavy atom. The number of benzene rings is 1. The number of aromatic nitrogens is 1. The van der Waals surface area contributed by atoms with Crippen LogP contribution in [-0.4, -0.2) is 58.6 Å². The van der Waals surface area contributed by atoms with Gasteiger partial charge in [0.1, 0.15) is 17.9 Å². The Bertz CT molecular complexity index is 1230. The number of piperidine rings is 1. The summed E-state index contributed by atoms with van der Waals surface area (Å²) in [6, 6.07) is 5.03. The molecule has 1 saturated carbocycles. The molecule has 4 rings (SSSR count). The molecule has 2 heterocycles. The second-order valence-corrected chi connectivity index (χ2v) is 10.1. The first-order valence-corrected chi connectivity index (χ1v) is 13.1. The van der Waals surface area contributed by atoms with Gasteiger partial charge < -0.3 is 20.3 Å². The first-order chi connectivity index (χ1) is 19.3. The van der Waals surface area contributed by atoms with Gasteiger partial charge in [0.15, 0.2) is 0 Å². The van der Waals surface area contributed by atoms with Crippen molar-refractivity contribution >= 4 is 23.0 Å². The van der Waals surface area contributed by atoms with Crippen molar-refractivity contribution in [3.8, 4) is 0 Å². The quantitative estimate of drug-likeness (QED) is 0.225. The molecule has 41 heavy (non-hydrogen) atoms. The fourth-order valence-electron chi connectivity index (χ4n) is 5.09. The largest absolute Gasteiger partial charge is 0.433 e. The third-order valence-electron chi connectivity index (χ3n) is 7.25. The lowest BCUT2D eigenvalue weighted by Gasteiger charge is -2.34. The van der Waals surface area contributed by atoms with E-state index in [2.05, 4.69) is 15.6 Å². The van der Waals surface area contributed by atoms with Crippen LogP contribution in [0.1, 0.15) is 49.8 Å². The molecule has 9 nitrogen and oxygen atoms in total. The number of amides is 1. The minimum atomic E-state index is -4.86. The predicted molar refractivity (Wildman–Crippen MR) is 136 cm³/mol. The van der Waals surface area contributed by atoms with E-state index < -0.39 is 34.2 Å². The van der Waals surface area contributed by atoms with Crippen LogP contribution in [0.3, 0.4) is 0 Å². The van der Waals surface area contributed by atoms with E-state index in [0.29, 0.717) is 57.3 Å². The number of likely N-dealkylation sites (tertiary alicyclic amines) is 1. The van der Waals surface area contributed by atoms with E-state index in [0.717, 1.165) is 24.4 Å². The number of halogens is 6. The van der Waals surface area contributed by atoms with E-state index in [9.17, 15) is 41.3 Å². The van der Waals surface area contributed by atoms with Crippen LogP contribution < -0.4 is 10.6 Å². The number of carbonyl (C=O) groups is 1. The normalized spacial score (nSPS) is 20.5. The Kier molecular flexibility index (Phi) is 9.24. The van der Waals surface area contributed by atoms with Crippen LogP contribution in [0, 0.1) is 10.1 Å². The highest BCUT2D eigenvalue weighted by Gasteiger charge is 2.39. The van der Waals surface area contributed by atoms with Crippen molar-refractivity contribution in [3.05, 3.63) is 57.9 Å². The second-order valence-electron chi connectivity index (χ2n) is 10.1. The topological polar surface area (TPSA) is 110 Å². The minimum absolute atomic E-state index is 0.0887. The van der Waals surface area contributed by atoms with Crippen LogP contribution >= 0.6 is 0 Å². The molecule has 0 radical (unpaired) electrons. The van der Waals surface area contributed by atoms with Crippen LogP contribution in [-0.2, 0) is 21.9 Å². The number of ether oxygens (including phenoxy) is 1. The van der Waals surface area contributed by atoms with Crippen LogP contribution in [0.2, 0.25) is 0 Å². The molecule has 2 N–H and O–H groups in total. The fraction of sp³-hybridized carbons (Fsp3) is 0.538. The highest BCUT2D eigenvalue weighted by atomic mass is 19.4. The molecule has 1 saturated heterocycles. The number of rotatable bonds is 8. The van der Waals surface area contributed by atoms with E-state index in [4.69, 9.17) is 4.74 Å². The highest BCUT2D eigenvalue weighted by molar-refractivity contribution is 5.77. The van der Waals surface area contributed by atoms with Gasteiger partial charge in [0.25, 0.3) is 5.69 Å². The van der Waals surface area contributed by atoms with Gasteiger partial charge in [-0.3, -0.25) is 19.9 Å². The third kappa shape index (κ3) is 8.21. The summed E-state index contributed by atoms with van der Waals surface area (Å²) in [4.78, 5) is 27.5. The number of hydrogen-bond acceptors (Lipinski definition) is 7. The number of nitrogens with zero attached hydrogens (tertiary/aromatic N) is 3. The maximum Gasteiger partial charge on any atom is 0.433 e. The summed E-state index contributed by atoms with van der Waals surface area (Å²) in [6.45, 7) is 0.753. The standard InChI is InChI=1S/C26H29F6N5O4/c27-25(28,29)21-13-18(3-6-22(21)37(39)40)34-16-1-4-20(5-2-16)41-15-24(38)36-11-8-17(9-12-36)35-19-7-10-33-23(14-19)26(30,31)32/h3,6-7,10,13-14,16-17,20,34H,1-2,4-5,8-9,11-12,15H2,(H,33,35). The Morgan fingerprint density at radius 3 is 2.12 bits per heavy atom. The van der Waals surface area contributed by atoms with Crippen LogP contribution in [0.4, 0.5) is 43.4 Å². The summed E-state index contributed by atoms with van der Waals surface area (Å²) in [5.41, 5.74) is -2.82. The minimum Gasteiger partial charge on any atom is -0.382 e. The molecule has 1 amide bonds. The lowest BCUT2D eigenvalue weighted by Crippen LogP contribution is -2.44. The summed E-state index contributed by atoms with van der Waals surface area (Å²) in [7, 11) is 0. The monoisotopic (exact) mass is 589 g/mol. The van der Waals surface area contributed by atoms with Crippen LogP contribution in [0.15, 0.2) is 36.5 Å². The molecule has 1 aromatic carbocycles. The van der Waals surface area contributed by atoms with Gasteiger partial charge >= 0.3 is 12.4 Å². The molecule has 2 aliphatic rings. The molecule has 0 atom stereocenters. The Morgan fingerprint density at radius 1 is 0.927 bits per heavy atom. The number of nitro benzene ring substituents is 1. The Hall–Kier alpha value is -3.62. The molecular weight excluding hydrogens is 560 g/mol. The molecule has 0 spiro atoms. The maximum absolute atomic E-state index is 13.2. The van der Waals surface area contributed by atoms with E-state index in [1.54, 1.807) is 4.90 Å². The summed E-state index contributed by atoms with van der Waals surface area (Å²) in [5.74, 6) is -0.183. The SMILES string of the molecule is O=C(COC1CCC(Nc2ccc([N+](=O)[O-])c(C(F)(F)F)c2)CC1)N1CCC(Nc2ccnc(C(F)(F)F)c2)CC1. The average Bonchev–Trinajstić information content (AvgIpc) is 2.92. The summed E-state index contributed by atoms with van der Waals surface area (Å²) >= 11 is 0. The summed E-state index contributed by atoms with van der Waals surface area (Å²) < 4.78 is 84.2. The summed E-state index contributed by atoms with van der Waals surface area (Å²) in [6.07, 6.45) is -5.02. The molecule has 2 fully saturated rings. The molecular formula is C26H29F6N5O4. The van der Waals surface area contributed by atoms with Crippen molar-refractivity contribution in [2.75, 3.05) is 30.3 Å². The van der Waals surface area contributed by atoms with Crippen LogP contribution in [0.25, 0.3) is 0 Å². The van der Waals surface area contributed by atoms with E-state index in [1.807, 2.05) is 0 Å². The zero-order valence-electron chi connectivity index (χ0n) is 21.8. The molecule has 2 aromatic rings. The van der Waals surface area contributed by atoms with E-state index in [1.165, 1.54) is 12.1 Å². The molecule has 0 unspecified atom stereocenters. The molecule has 0 bridgehead atoms. The number of anilines is 2. The first kappa shape index (κ1) is 30.3. The van der Waals surface area contributed by atoms with Crippen molar-refractivity contribution in [1.82, 2.24) is 9.88 Å². The molecule has 1 aromatic heterocycles. The fourth-order valence-corrected chi connectivity index (χ4v) is 5.09. The smallest absolute Gasteiger partial charge is 0.382 e. The van der Waals surface area contributed by atoms with Crippen molar-refractivity contribution in [1.29, 1.82) is 0 Å². The van der Waals surface area contributed by atoms with Crippen molar-refractivity contribution in [3.63, 3.8) is 0 Å². The van der Waals surface area contributed by atoms with Crippen molar-refractivity contribution in [2.24, 2.45) is 0 Å². The molecule has 15 heteroatoms. The Balaban J connectivity index is 1.18. The zero-order valence-corrected chi connectivity index (χ0v) is 21.8. The van der Waals surface area contributed by atoms with Crippen molar-refractivity contribution < 1.29 is 40.8 Å². The zero-order chi connectivity index (χ0) is 29.8. The number of carbonyl (C=O) groups excluding carboxylic acids is 1. The van der Waals surface area contributed by atoms with Gasteiger partial charge in [-0.15, -0.1) is 0 Å². The number of hydrogen-bond donors (Lipinski definition) is 2. The predicted octanol–water partition coefficient (Wildman–Crippen LogP) is 5.87. The van der Waals surface area contributed by atoms with Gasteiger partial charge in [0.2, 0.25) is 5.91 Å². The van der Waals surface area contributed by atoms with Gasteiger partial charge in [0, 0.05) is 48.8 Å². The number of nitro groups is 1. The maximum atomic E-state index is 13.2. The van der Waals surface area contributed by atoms with Gasteiger partial charge in [-0.2, -0.15) is 26.3 Å².